The van der Waals surface area contributed by atoms with Crippen LogP contribution in [0.2, 0.25) is 0 Å². The van der Waals surface area contributed by atoms with Gasteiger partial charge in [-0.25, -0.2) is 0 Å². The zero-order valence-corrected chi connectivity index (χ0v) is 7.51. The van der Waals surface area contributed by atoms with Crippen LogP contribution in [0.1, 0.15) is 25.7 Å². The quantitative estimate of drug-likeness (QED) is 0.556. The summed E-state index contributed by atoms with van der Waals surface area (Å²) in [6, 6.07) is 0. The molecular weight excluding hydrogens is 134 g/mol. The highest BCUT2D eigenvalue weighted by Crippen LogP contribution is 2.13. The Balaban J connectivity index is 2.58. The summed E-state index contributed by atoms with van der Waals surface area (Å²) in [4.78, 5) is 2.20. The normalized spacial score (nSPS) is 18.5. The van der Waals surface area contributed by atoms with Gasteiger partial charge in [-0.15, -0.1) is 0 Å². The highest BCUT2D eigenvalue weighted by atomic mass is 15.1. The molecule has 0 heterocycles. The lowest BCUT2D eigenvalue weighted by molar-refractivity contribution is 0.476. The van der Waals surface area contributed by atoms with Gasteiger partial charge in [0.2, 0.25) is 0 Å². The average molecular weight is 151 g/mol. The molecule has 0 saturated heterocycles. The fraction of sp³-hybridized carbons (Fsp3) is 0.600. The summed E-state index contributed by atoms with van der Waals surface area (Å²) in [5.41, 5.74) is 1.45. The summed E-state index contributed by atoms with van der Waals surface area (Å²) in [5.74, 6) is 0. The summed E-state index contributed by atoms with van der Waals surface area (Å²) >= 11 is 0. The van der Waals surface area contributed by atoms with Gasteiger partial charge in [0.1, 0.15) is 0 Å². The third-order valence-corrected chi connectivity index (χ3v) is 2.05. The molecule has 62 valence electrons. The van der Waals surface area contributed by atoms with Crippen LogP contribution in [0.25, 0.3) is 0 Å². The van der Waals surface area contributed by atoms with Crippen LogP contribution < -0.4 is 0 Å². The van der Waals surface area contributed by atoms with Crippen LogP contribution in [0, 0.1) is 0 Å². The Kier molecular flexibility index (Phi) is 3.21. The zero-order valence-electron chi connectivity index (χ0n) is 7.51. The molecule has 0 N–H and O–H groups in total. The molecule has 0 aromatic heterocycles. The van der Waals surface area contributed by atoms with Crippen LogP contribution in [0.5, 0.6) is 0 Å². The molecule has 0 spiro atoms. The van der Waals surface area contributed by atoms with E-state index < -0.39 is 0 Å². The van der Waals surface area contributed by atoms with Crippen molar-refractivity contribution in [1.29, 1.82) is 0 Å². The van der Waals surface area contributed by atoms with Gasteiger partial charge in [-0.1, -0.05) is 12.2 Å². The first-order valence-corrected chi connectivity index (χ1v) is 4.34. The van der Waals surface area contributed by atoms with Gasteiger partial charge in [-0.2, -0.15) is 0 Å². The first-order valence-electron chi connectivity index (χ1n) is 4.34. The van der Waals surface area contributed by atoms with Gasteiger partial charge in [-0.05, 0) is 31.8 Å². The minimum atomic E-state index is 1.23. The molecule has 11 heavy (non-hydrogen) atoms. The van der Waals surface area contributed by atoms with Crippen molar-refractivity contribution in [1.82, 2.24) is 4.90 Å². The Labute approximate surface area is 69.4 Å². The van der Waals surface area contributed by atoms with E-state index >= 15 is 0 Å². The van der Waals surface area contributed by atoms with E-state index in [0.29, 0.717) is 0 Å². The Morgan fingerprint density at radius 3 is 2.82 bits per heavy atom. The third-order valence-electron chi connectivity index (χ3n) is 2.05. The molecule has 0 saturated carbocycles. The van der Waals surface area contributed by atoms with Crippen molar-refractivity contribution in [3.8, 4) is 0 Å². The van der Waals surface area contributed by atoms with Crippen molar-refractivity contribution in [3.05, 3.63) is 23.9 Å². The van der Waals surface area contributed by atoms with Gasteiger partial charge in [0.15, 0.2) is 0 Å². The van der Waals surface area contributed by atoms with Crippen molar-refractivity contribution < 1.29 is 0 Å². The molecule has 1 rings (SSSR count). The average Bonchev–Trinajstić information content (AvgIpc) is 1.84. The lowest BCUT2D eigenvalue weighted by Gasteiger charge is -2.17. The molecule has 1 aliphatic carbocycles. The van der Waals surface area contributed by atoms with Crippen molar-refractivity contribution in [2.45, 2.75) is 25.7 Å². The monoisotopic (exact) mass is 151 g/mol. The number of rotatable bonds is 1. The lowest BCUT2D eigenvalue weighted by Crippen LogP contribution is -2.11. The van der Waals surface area contributed by atoms with E-state index in [1.54, 1.807) is 0 Å². The van der Waals surface area contributed by atoms with Gasteiger partial charge < -0.3 is 4.90 Å². The Morgan fingerprint density at radius 2 is 2.09 bits per heavy atom. The van der Waals surface area contributed by atoms with Crippen molar-refractivity contribution >= 4 is 0 Å². The first-order chi connectivity index (χ1) is 5.30. The van der Waals surface area contributed by atoms with Crippen LogP contribution in [-0.4, -0.2) is 19.0 Å². The molecule has 1 nitrogen and oxygen atoms in total. The van der Waals surface area contributed by atoms with Crippen LogP contribution >= 0.6 is 0 Å². The maximum atomic E-state index is 2.25. The summed E-state index contributed by atoms with van der Waals surface area (Å²) < 4.78 is 0. The molecule has 0 unspecified atom stereocenters. The van der Waals surface area contributed by atoms with Crippen LogP contribution in [-0.2, 0) is 0 Å². The number of nitrogens with zero attached hydrogens (tertiary/aromatic N) is 1. The summed E-state index contributed by atoms with van der Waals surface area (Å²) in [6.45, 7) is 0. The molecule has 0 amide bonds. The molecule has 0 atom stereocenters. The minimum absolute atomic E-state index is 1.23. The van der Waals surface area contributed by atoms with Gasteiger partial charge in [0, 0.05) is 19.8 Å². The second-order valence-corrected chi connectivity index (χ2v) is 3.23. The molecule has 1 aliphatic rings. The van der Waals surface area contributed by atoms with Gasteiger partial charge in [0.05, 0.1) is 0 Å². The second-order valence-electron chi connectivity index (χ2n) is 3.23. The maximum Gasteiger partial charge on any atom is 0.0127 e. The van der Waals surface area contributed by atoms with Crippen LogP contribution in [0.3, 0.4) is 0 Å². The van der Waals surface area contributed by atoms with E-state index in [0.717, 1.165) is 0 Å². The van der Waals surface area contributed by atoms with E-state index in [1.165, 1.54) is 31.4 Å². The predicted octanol–water partition coefficient (Wildman–Crippen LogP) is 2.56. The highest BCUT2D eigenvalue weighted by Gasteiger charge is 1.99. The SMILES string of the molecule is CN(C)C1=CC=CCCCC1. The Morgan fingerprint density at radius 1 is 1.27 bits per heavy atom. The summed E-state index contributed by atoms with van der Waals surface area (Å²) in [5, 5.41) is 0. The van der Waals surface area contributed by atoms with E-state index in [4.69, 9.17) is 0 Å². The molecule has 1 heteroatoms. The molecular formula is C10H17N. The second kappa shape index (κ2) is 4.22. The van der Waals surface area contributed by atoms with E-state index in [2.05, 4.69) is 37.2 Å². The van der Waals surface area contributed by atoms with E-state index in [1.807, 2.05) is 0 Å². The van der Waals surface area contributed by atoms with E-state index in [-0.39, 0.29) is 0 Å². The van der Waals surface area contributed by atoms with Gasteiger partial charge in [-0.3, -0.25) is 0 Å². The van der Waals surface area contributed by atoms with Gasteiger partial charge >= 0.3 is 0 Å². The van der Waals surface area contributed by atoms with Crippen molar-refractivity contribution in [2.24, 2.45) is 0 Å². The fourth-order valence-electron chi connectivity index (χ4n) is 1.30. The zero-order chi connectivity index (χ0) is 8.10. The van der Waals surface area contributed by atoms with Crippen LogP contribution in [0.4, 0.5) is 0 Å². The topological polar surface area (TPSA) is 3.24 Å². The van der Waals surface area contributed by atoms with Gasteiger partial charge in [0.25, 0.3) is 0 Å². The lowest BCUT2D eigenvalue weighted by atomic mass is 10.1. The molecule has 0 bridgehead atoms. The van der Waals surface area contributed by atoms with E-state index in [9.17, 15) is 0 Å². The predicted molar refractivity (Wildman–Crippen MR) is 49.4 cm³/mol. The largest absolute Gasteiger partial charge is 0.381 e. The van der Waals surface area contributed by atoms with Crippen molar-refractivity contribution in [2.75, 3.05) is 14.1 Å². The number of hydrogen-bond donors (Lipinski definition) is 0. The molecule has 0 aromatic carbocycles. The van der Waals surface area contributed by atoms with Crippen LogP contribution in [0.15, 0.2) is 23.9 Å². The summed E-state index contributed by atoms with van der Waals surface area (Å²) in [6.07, 6.45) is 11.8. The molecule has 0 aliphatic heterocycles. The standard InChI is InChI=1S/C10H17N/c1-11(2)10-8-6-4-3-5-7-9-10/h4,6,8H,3,5,7,9H2,1-2H3. The Bertz CT molecular complexity index is 166. The molecule has 0 fully saturated rings. The number of hydrogen-bond acceptors (Lipinski definition) is 1. The fourth-order valence-corrected chi connectivity index (χ4v) is 1.30. The minimum Gasteiger partial charge on any atom is -0.381 e. The highest BCUT2D eigenvalue weighted by molar-refractivity contribution is 5.12. The summed E-state index contributed by atoms with van der Waals surface area (Å²) in [7, 11) is 4.22. The van der Waals surface area contributed by atoms with Crippen molar-refractivity contribution in [3.63, 3.8) is 0 Å². The molecule has 0 radical (unpaired) electrons. The first kappa shape index (κ1) is 8.38. The smallest absolute Gasteiger partial charge is 0.0127 e. The maximum absolute atomic E-state index is 2.25. The Hall–Kier alpha value is -0.720. The molecule has 0 aromatic rings. The number of allylic oxidation sites excluding steroid dienone is 4. The third kappa shape index (κ3) is 2.79.